The van der Waals surface area contributed by atoms with Crippen molar-refractivity contribution in [3.05, 3.63) is 54.1 Å². The van der Waals surface area contributed by atoms with Crippen molar-refractivity contribution in [2.45, 2.75) is 0 Å². The fourth-order valence-corrected chi connectivity index (χ4v) is 1.20. The van der Waals surface area contributed by atoms with E-state index in [4.69, 9.17) is 4.74 Å². The molecule has 4 heteroatoms. The third kappa shape index (κ3) is 4.25. The van der Waals surface area contributed by atoms with Crippen molar-refractivity contribution in [3.63, 3.8) is 0 Å². The molecule has 0 fully saturated rings. The van der Waals surface area contributed by atoms with Crippen LogP contribution in [0.5, 0.6) is 5.75 Å². The summed E-state index contributed by atoms with van der Waals surface area (Å²) in [5.74, 6) is 0.0878. The van der Waals surface area contributed by atoms with Gasteiger partial charge < -0.3 is 9.47 Å². The highest BCUT2D eigenvalue weighted by atomic mass is 16.5. The predicted molar refractivity (Wildman–Crippen MR) is 67.6 cm³/mol. The summed E-state index contributed by atoms with van der Waals surface area (Å²) in [5.41, 5.74) is 0.554. The number of allylic oxidation sites excluding steroid dienone is 3. The molecule has 0 N–H and O–H groups in total. The highest BCUT2D eigenvalue weighted by Crippen LogP contribution is 2.11. The summed E-state index contributed by atoms with van der Waals surface area (Å²) in [5, 5.41) is 0. The lowest BCUT2D eigenvalue weighted by molar-refractivity contribution is -0.134. The summed E-state index contributed by atoms with van der Waals surface area (Å²) in [7, 11) is 2.85. The number of ketones is 1. The van der Waals surface area contributed by atoms with Crippen molar-refractivity contribution < 1.29 is 19.1 Å². The lowest BCUT2D eigenvalue weighted by Crippen LogP contribution is -1.94. The van der Waals surface area contributed by atoms with Crippen LogP contribution in [0, 0.1) is 0 Å². The summed E-state index contributed by atoms with van der Waals surface area (Å²) in [4.78, 5) is 22.4. The topological polar surface area (TPSA) is 52.6 Å². The number of hydrogen-bond donors (Lipinski definition) is 0. The van der Waals surface area contributed by atoms with Crippen LogP contribution in [-0.4, -0.2) is 26.0 Å². The van der Waals surface area contributed by atoms with Crippen molar-refractivity contribution in [1.82, 2.24) is 0 Å². The number of hydrogen-bond acceptors (Lipinski definition) is 4. The Hall–Kier alpha value is -2.36. The van der Waals surface area contributed by atoms with E-state index in [0.29, 0.717) is 11.3 Å². The number of methoxy groups -OCH3 is 2. The van der Waals surface area contributed by atoms with E-state index < -0.39 is 5.97 Å². The van der Waals surface area contributed by atoms with Gasteiger partial charge in [-0.1, -0.05) is 12.2 Å². The molecule has 18 heavy (non-hydrogen) atoms. The average Bonchev–Trinajstić information content (AvgIpc) is 2.43. The molecular weight excluding hydrogens is 232 g/mol. The Morgan fingerprint density at radius 2 is 1.61 bits per heavy atom. The smallest absolute Gasteiger partial charge is 0.330 e. The van der Waals surface area contributed by atoms with Gasteiger partial charge in [-0.3, -0.25) is 4.79 Å². The van der Waals surface area contributed by atoms with Gasteiger partial charge in [0.1, 0.15) is 5.75 Å². The highest BCUT2D eigenvalue weighted by molar-refractivity contribution is 6.04. The largest absolute Gasteiger partial charge is 0.497 e. The Bertz CT molecular complexity index is 469. The first kappa shape index (κ1) is 13.7. The standard InChI is InChI=1S/C14H14O4/c1-17-12-9-7-11(8-10-12)13(15)5-3-4-6-14(16)18-2/h3-10H,1-2H3/b5-3+,6-4-. The maximum atomic E-state index is 11.7. The van der Waals surface area contributed by atoms with Crippen LogP contribution in [0.15, 0.2) is 48.6 Å². The molecule has 4 nitrogen and oxygen atoms in total. The van der Waals surface area contributed by atoms with E-state index in [-0.39, 0.29) is 5.78 Å². The molecule has 0 saturated carbocycles. The first-order chi connectivity index (χ1) is 8.67. The van der Waals surface area contributed by atoms with Crippen LogP contribution in [0.25, 0.3) is 0 Å². The van der Waals surface area contributed by atoms with E-state index in [0.717, 1.165) is 0 Å². The molecule has 0 unspecified atom stereocenters. The van der Waals surface area contributed by atoms with Crippen LogP contribution in [0.3, 0.4) is 0 Å². The number of carbonyl (C=O) groups excluding carboxylic acids is 2. The van der Waals surface area contributed by atoms with Crippen molar-refractivity contribution in [2.24, 2.45) is 0 Å². The molecule has 0 radical (unpaired) electrons. The van der Waals surface area contributed by atoms with Gasteiger partial charge in [-0.15, -0.1) is 0 Å². The van der Waals surface area contributed by atoms with Crippen LogP contribution in [0.2, 0.25) is 0 Å². The Kier molecular flexibility index (Phi) is 5.38. The lowest BCUT2D eigenvalue weighted by atomic mass is 10.1. The van der Waals surface area contributed by atoms with Gasteiger partial charge in [-0.25, -0.2) is 4.79 Å². The fourth-order valence-electron chi connectivity index (χ4n) is 1.20. The van der Waals surface area contributed by atoms with E-state index in [1.807, 2.05) is 0 Å². The zero-order chi connectivity index (χ0) is 13.4. The van der Waals surface area contributed by atoms with Gasteiger partial charge in [0.05, 0.1) is 14.2 Å². The quantitative estimate of drug-likeness (QED) is 0.346. The van der Waals surface area contributed by atoms with Crippen molar-refractivity contribution in [2.75, 3.05) is 14.2 Å². The van der Waals surface area contributed by atoms with Crippen LogP contribution < -0.4 is 4.74 Å². The summed E-state index contributed by atoms with van der Waals surface area (Å²) in [6.45, 7) is 0. The van der Waals surface area contributed by atoms with Crippen LogP contribution in [-0.2, 0) is 9.53 Å². The van der Waals surface area contributed by atoms with E-state index in [1.165, 1.54) is 31.4 Å². The minimum absolute atomic E-state index is 0.146. The molecule has 1 rings (SSSR count). The van der Waals surface area contributed by atoms with E-state index >= 15 is 0 Å². The maximum absolute atomic E-state index is 11.7. The Morgan fingerprint density at radius 1 is 1.00 bits per heavy atom. The van der Waals surface area contributed by atoms with Gasteiger partial charge in [0.15, 0.2) is 5.78 Å². The Morgan fingerprint density at radius 3 is 2.17 bits per heavy atom. The van der Waals surface area contributed by atoms with Gasteiger partial charge in [0, 0.05) is 11.6 Å². The van der Waals surface area contributed by atoms with E-state index in [1.54, 1.807) is 31.4 Å². The molecule has 0 aliphatic carbocycles. The van der Waals surface area contributed by atoms with Crippen molar-refractivity contribution in [3.8, 4) is 5.75 Å². The van der Waals surface area contributed by atoms with Gasteiger partial charge in [-0.05, 0) is 30.3 Å². The fraction of sp³-hybridized carbons (Fsp3) is 0.143. The Balaban J connectivity index is 2.61. The minimum atomic E-state index is -0.462. The van der Waals surface area contributed by atoms with Crippen molar-refractivity contribution in [1.29, 1.82) is 0 Å². The molecule has 94 valence electrons. The highest BCUT2D eigenvalue weighted by Gasteiger charge is 2.00. The number of benzene rings is 1. The molecule has 0 aliphatic heterocycles. The third-order valence-corrected chi connectivity index (χ3v) is 2.17. The molecule has 1 aromatic carbocycles. The van der Waals surface area contributed by atoms with E-state index in [9.17, 15) is 9.59 Å². The van der Waals surface area contributed by atoms with Gasteiger partial charge in [0.2, 0.25) is 0 Å². The van der Waals surface area contributed by atoms with Gasteiger partial charge in [-0.2, -0.15) is 0 Å². The number of esters is 1. The number of ether oxygens (including phenoxy) is 2. The number of carbonyl (C=O) groups is 2. The second-order valence-corrected chi connectivity index (χ2v) is 3.33. The first-order valence-corrected chi connectivity index (χ1v) is 5.28. The third-order valence-electron chi connectivity index (χ3n) is 2.17. The Labute approximate surface area is 106 Å². The molecule has 0 amide bonds. The van der Waals surface area contributed by atoms with E-state index in [2.05, 4.69) is 4.74 Å². The average molecular weight is 246 g/mol. The second kappa shape index (κ2) is 7.06. The molecule has 0 atom stereocenters. The predicted octanol–water partition coefficient (Wildman–Crippen LogP) is 2.16. The van der Waals surface area contributed by atoms with Crippen LogP contribution in [0.1, 0.15) is 10.4 Å². The molecule has 0 saturated heterocycles. The summed E-state index contributed by atoms with van der Waals surface area (Å²) < 4.78 is 9.40. The molecule has 0 aromatic heterocycles. The molecule has 0 spiro atoms. The number of rotatable bonds is 5. The van der Waals surface area contributed by atoms with Crippen LogP contribution in [0.4, 0.5) is 0 Å². The first-order valence-electron chi connectivity index (χ1n) is 5.28. The van der Waals surface area contributed by atoms with Gasteiger partial charge >= 0.3 is 5.97 Å². The summed E-state index contributed by atoms with van der Waals surface area (Å²) in [6, 6.07) is 6.78. The molecule has 0 heterocycles. The maximum Gasteiger partial charge on any atom is 0.330 e. The summed E-state index contributed by atoms with van der Waals surface area (Å²) >= 11 is 0. The molecule has 0 bridgehead atoms. The lowest BCUT2D eigenvalue weighted by Gasteiger charge is -1.99. The monoisotopic (exact) mass is 246 g/mol. The summed E-state index contributed by atoms with van der Waals surface area (Å²) in [6.07, 6.45) is 5.55. The molecule has 1 aromatic rings. The minimum Gasteiger partial charge on any atom is -0.497 e. The molecular formula is C14H14O4. The SMILES string of the molecule is COC(=O)/C=C\C=C\C(=O)c1ccc(OC)cc1. The molecule has 0 aliphatic rings. The zero-order valence-electron chi connectivity index (χ0n) is 10.3. The van der Waals surface area contributed by atoms with Crippen LogP contribution >= 0.6 is 0 Å². The normalized spacial score (nSPS) is 10.8. The second-order valence-electron chi connectivity index (χ2n) is 3.33. The zero-order valence-corrected chi connectivity index (χ0v) is 10.3. The van der Waals surface area contributed by atoms with Crippen molar-refractivity contribution >= 4 is 11.8 Å². The van der Waals surface area contributed by atoms with Gasteiger partial charge in [0.25, 0.3) is 0 Å².